The average Bonchev–Trinajstić information content (AvgIpc) is 3.46. The zero-order valence-corrected chi connectivity index (χ0v) is 15.8. The Labute approximate surface area is 160 Å². The van der Waals surface area contributed by atoms with Gasteiger partial charge in [0.25, 0.3) is 0 Å². The van der Waals surface area contributed by atoms with Crippen LogP contribution in [0.5, 0.6) is 0 Å². The Morgan fingerprint density at radius 1 is 0.815 bits per heavy atom. The maximum absolute atomic E-state index is 13.4. The van der Waals surface area contributed by atoms with Crippen molar-refractivity contribution in [1.82, 2.24) is 9.80 Å². The number of carbonyl (C=O) groups is 2. The summed E-state index contributed by atoms with van der Waals surface area (Å²) in [6, 6.07) is 19.9. The van der Waals surface area contributed by atoms with E-state index in [2.05, 4.69) is 6.92 Å². The maximum atomic E-state index is 13.4. The van der Waals surface area contributed by atoms with Crippen molar-refractivity contribution in [2.45, 2.75) is 19.3 Å². The van der Waals surface area contributed by atoms with Crippen LogP contribution in [0.3, 0.4) is 0 Å². The Morgan fingerprint density at radius 3 is 1.70 bits per heavy atom. The molecule has 0 N–H and O–H groups in total. The molecule has 27 heavy (non-hydrogen) atoms. The van der Waals surface area contributed by atoms with Crippen molar-refractivity contribution >= 4 is 11.8 Å². The molecule has 1 saturated heterocycles. The molecule has 1 aliphatic carbocycles. The highest BCUT2D eigenvalue weighted by atomic mass is 16.2. The molecule has 2 aromatic carbocycles. The zero-order valence-electron chi connectivity index (χ0n) is 15.8. The van der Waals surface area contributed by atoms with Crippen molar-refractivity contribution in [3.8, 4) is 0 Å². The lowest BCUT2D eigenvalue weighted by Crippen LogP contribution is -2.52. The average molecular weight is 362 g/mol. The van der Waals surface area contributed by atoms with Gasteiger partial charge in [0.15, 0.2) is 0 Å². The van der Waals surface area contributed by atoms with E-state index in [1.54, 1.807) is 0 Å². The predicted octanol–water partition coefficient (Wildman–Crippen LogP) is 3.15. The second-order valence-electron chi connectivity index (χ2n) is 7.72. The Hall–Kier alpha value is -2.62. The molecule has 0 aromatic heterocycles. The van der Waals surface area contributed by atoms with Gasteiger partial charge in [0.1, 0.15) is 0 Å². The Kier molecular flexibility index (Phi) is 4.97. The predicted molar refractivity (Wildman–Crippen MR) is 105 cm³/mol. The van der Waals surface area contributed by atoms with E-state index in [-0.39, 0.29) is 23.7 Å². The molecule has 4 heteroatoms. The number of hydrogen-bond acceptors (Lipinski definition) is 2. The van der Waals surface area contributed by atoms with Crippen molar-refractivity contribution in [2.24, 2.45) is 11.8 Å². The number of hydrogen-bond donors (Lipinski definition) is 0. The fourth-order valence-corrected chi connectivity index (χ4v) is 4.00. The van der Waals surface area contributed by atoms with E-state index in [0.29, 0.717) is 32.1 Å². The van der Waals surface area contributed by atoms with E-state index in [9.17, 15) is 9.59 Å². The zero-order chi connectivity index (χ0) is 18.8. The molecule has 0 bridgehead atoms. The van der Waals surface area contributed by atoms with Crippen LogP contribution < -0.4 is 0 Å². The molecule has 2 amide bonds. The molecule has 1 heterocycles. The third kappa shape index (κ3) is 3.75. The van der Waals surface area contributed by atoms with Crippen LogP contribution in [0.2, 0.25) is 0 Å². The highest BCUT2D eigenvalue weighted by Crippen LogP contribution is 2.39. The van der Waals surface area contributed by atoms with Gasteiger partial charge in [0.05, 0.1) is 5.92 Å². The van der Waals surface area contributed by atoms with Crippen LogP contribution >= 0.6 is 0 Å². The molecular weight excluding hydrogens is 336 g/mol. The topological polar surface area (TPSA) is 40.6 Å². The number of nitrogens with zero attached hydrogens (tertiary/aromatic N) is 2. The van der Waals surface area contributed by atoms with Gasteiger partial charge in [-0.1, -0.05) is 67.6 Å². The van der Waals surface area contributed by atoms with Crippen molar-refractivity contribution in [3.05, 3.63) is 71.8 Å². The number of piperazine rings is 1. The highest BCUT2D eigenvalue weighted by molar-refractivity contribution is 5.88. The molecule has 140 valence electrons. The summed E-state index contributed by atoms with van der Waals surface area (Å²) in [6.45, 7) is 4.64. The van der Waals surface area contributed by atoms with Gasteiger partial charge in [0.2, 0.25) is 11.8 Å². The van der Waals surface area contributed by atoms with Gasteiger partial charge in [-0.05, 0) is 23.5 Å². The first-order valence-electron chi connectivity index (χ1n) is 9.82. The van der Waals surface area contributed by atoms with Crippen LogP contribution in [0.1, 0.15) is 30.4 Å². The Bertz CT molecular complexity index is 758. The summed E-state index contributed by atoms with van der Waals surface area (Å²) < 4.78 is 0. The second kappa shape index (κ2) is 7.55. The summed E-state index contributed by atoms with van der Waals surface area (Å²) in [4.78, 5) is 29.7. The molecule has 1 aliphatic heterocycles. The molecule has 4 rings (SSSR count). The first-order chi connectivity index (χ1) is 13.1. The van der Waals surface area contributed by atoms with E-state index in [1.165, 1.54) is 0 Å². The summed E-state index contributed by atoms with van der Waals surface area (Å²) in [5.41, 5.74) is 2.03. The molecule has 0 spiro atoms. The van der Waals surface area contributed by atoms with Crippen LogP contribution in [-0.4, -0.2) is 47.8 Å². The van der Waals surface area contributed by atoms with Crippen LogP contribution in [0.25, 0.3) is 0 Å². The summed E-state index contributed by atoms with van der Waals surface area (Å²) in [5, 5.41) is 0. The van der Waals surface area contributed by atoms with Crippen molar-refractivity contribution in [3.63, 3.8) is 0 Å². The van der Waals surface area contributed by atoms with Gasteiger partial charge < -0.3 is 9.80 Å². The summed E-state index contributed by atoms with van der Waals surface area (Å²) >= 11 is 0. The molecule has 0 unspecified atom stereocenters. The lowest BCUT2D eigenvalue weighted by molar-refractivity contribution is -0.140. The quantitative estimate of drug-likeness (QED) is 0.838. The molecule has 2 aliphatic rings. The van der Waals surface area contributed by atoms with Gasteiger partial charge >= 0.3 is 0 Å². The van der Waals surface area contributed by atoms with E-state index in [4.69, 9.17) is 0 Å². The SMILES string of the molecule is C[C@H]1C[C@@H]1C(=O)N1CCN(C(=O)C(c2ccccc2)c2ccccc2)CC1. The smallest absolute Gasteiger partial charge is 0.234 e. The first kappa shape index (κ1) is 17.8. The van der Waals surface area contributed by atoms with Gasteiger partial charge in [-0.3, -0.25) is 9.59 Å². The monoisotopic (exact) mass is 362 g/mol. The molecule has 2 aromatic rings. The van der Waals surface area contributed by atoms with Gasteiger partial charge in [-0.2, -0.15) is 0 Å². The summed E-state index contributed by atoms with van der Waals surface area (Å²) in [7, 11) is 0. The molecule has 2 fully saturated rings. The van der Waals surface area contributed by atoms with Gasteiger partial charge in [-0.15, -0.1) is 0 Å². The van der Waals surface area contributed by atoms with E-state index < -0.39 is 0 Å². The third-order valence-electron chi connectivity index (χ3n) is 5.84. The van der Waals surface area contributed by atoms with Crippen molar-refractivity contribution < 1.29 is 9.59 Å². The van der Waals surface area contributed by atoms with Crippen LogP contribution in [0.15, 0.2) is 60.7 Å². The second-order valence-corrected chi connectivity index (χ2v) is 7.72. The molecule has 4 nitrogen and oxygen atoms in total. The summed E-state index contributed by atoms with van der Waals surface area (Å²) in [6.07, 6.45) is 1.02. The highest BCUT2D eigenvalue weighted by Gasteiger charge is 2.42. The van der Waals surface area contributed by atoms with Gasteiger partial charge in [-0.25, -0.2) is 0 Å². The van der Waals surface area contributed by atoms with Crippen LogP contribution in [0.4, 0.5) is 0 Å². The largest absolute Gasteiger partial charge is 0.339 e. The van der Waals surface area contributed by atoms with E-state index >= 15 is 0 Å². The van der Waals surface area contributed by atoms with E-state index in [1.807, 2.05) is 70.5 Å². The number of rotatable bonds is 4. The fraction of sp³-hybridized carbons (Fsp3) is 0.391. The molecule has 1 saturated carbocycles. The standard InChI is InChI=1S/C23H26N2O2/c1-17-16-20(17)22(26)24-12-14-25(15-13-24)23(27)21(18-8-4-2-5-9-18)19-10-6-3-7-11-19/h2-11,17,20-21H,12-16H2,1H3/t17-,20-/m0/s1. The Balaban J connectivity index is 1.49. The number of benzene rings is 2. The fourth-order valence-electron chi connectivity index (χ4n) is 4.00. The van der Waals surface area contributed by atoms with Crippen LogP contribution in [-0.2, 0) is 9.59 Å². The van der Waals surface area contributed by atoms with E-state index in [0.717, 1.165) is 17.5 Å². The van der Waals surface area contributed by atoms with Crippen molar-refractivity contribution in [1.29, 1.82) is 0 Å². The first-order valence-corrected chi connectivity index (χ1v) is 9.82. The minimum Gasteiger partial charge on any atom is -0.339 e. The maximum Gasteiger partial charge on any atom is 0.234 e. The molecule has 0 radical (unpaired) electrons. The van der Waals surface area contributed by atoms with Gasteiger partial charge in [0, 0.05) is 32.1 Å². The minimum atomic E-state index is -0.293. The lowest BCUT2D eigenvalue weighted by Gasteiger charge is -2.37. The summed E-state index contributed by atoms with van der Waals surface area (Å²) in [5.74, 6) is 0.848. The minimum absolute atomic E-state index is 0.124. The van der Waals surface area contributed by atoms with Crippen molar-refractivity contribution in [2.75, 3.05) is 26.2 Å². The number of amides is 2. The Morgan fingerprint density at radius 2 is 1.26 bits per heavy atom. The lowest BCUT2D eigenvalue weighted by atomic mass is 9.90. The third-order valence-corrected chi connectivity index (χ3v) is 5.84. The van der Waals surface area contributed by atoms with Crippen LogP contribution in [0, 0.1) is 11.8 Å². The number of carbonyl (C=O) groups excluding carboxylic acids is 2. The molecule has 2 atom stereocenters. The molecular formula is C23H26N2O2. The normalized spacial score (nSPS) is 22.0.